The number of piperidine rings is 1. The van der Waals surface area contributed by atoms with E-state index in [0.29, 0.717) is 39.0 Å². The molecule has 0 N–H and O–H groups in total. The lowest BCUT2D eigenvalue weighted by atomic mass is 9.94. The van der Waals surface area contributed by atoms with Crippen molar-refractivity contribution < 1.29 is 14.4 Å². The molecule has 168 valence electrons. The van der Waals surface area contributed by atoms with E-state index in [-0.39, 0.29) is 36.0 Å². The Kier molecular flexibility index (Phi) is 6.58. The van der Waals surface area contributed by atoms with E-state index in [4.69, 9.17) is 0 Å². The van der Waals surface area contributed by atoms with Crippen LogP contribution in [-0.2, 0) is 20.9 Å². The van der Waals surface area contributed by atoms with Crippen molar-refractivity contribution in [2.75, 3.05) is 31.6 Å². The summed E-state index contributed by atoms with van der Waals surface area (Å²) >= 11 is 0. The first-order valence-electron chi connectivity index (χ1n) is 11.4. The predicted octanol–water partition coefficient (Wildman–Crippen LogP) is 3.25. The molecule has 1 atom stereocenters. The first-order chi connectivity index (χ1) is 15.4. The molecule has 32 heavy (non-hydrogen) atoms. The van der Waals surface area contributed by atoms with E-state index in [0.717, 1.165) is 16.8 Å². The summed E-state index contributed by atoms with van der Waals surface area (Å²) in [5, 5.41) is 0. The van der Waals surface area contributed by atoms with E-state index in [1.165, 1.54) is 0 Å². The maximum absolute atomic E-state index is 13.1. The van der Waals surface area contributed by atoms with Gasteiger partial charge in [-0.25, -0.2) is 0 Å². The zero-order chi connectivity index (χ0) is 22.7. The van der Waals surface area contributed by atoms with Crippen molar-refractivity contribution in [1.82, 2.24) is 9.80 Å². The number of likely N-dealkylation sites (tertiary alicyclic amines) is 1. The van der Waals surface area contributed by atoms with Crippen LogP contribution in [0.3, 0.4) is 0 Å². The molecule has 6 nitrogen and oxygen atoms in total. The molecule has 3 amide bonds. The van der Waals surface area contributed by atoms with Gasteiger partial charge in [0.2, 0.25) is 17.7 Å². The third-order valence-electron chi connectivity index (χ3n) is 6.61. The van der Waals surface area contributed by atoms with E-state index in [1.54, 1.807) is 9.80 Å². The van der Waals surface area contributed by atoms with Gasteiger partial charge in [-0.05, 0) is 37.5 Å². The molecule has 2 saturated heterocycles. The van der Waals surface area contributed by atoms with Crippen molar-refractivity contribution in [2.24, 2.45) is 11.8 Å². The quantitative estimate of drug-likeness (QED) is 0.727. The maximum Gasteiger partial charge on any atom is 0.228 e. The van der Waals surface area contributed by atoms with Gasteiger partial charge in [0.25, 0.3) is 0 Å². The van der Waals surface area contributed by atoms with Crippen molar-refractivity contribution in [3.63, 3.8) is 0 Å². The number of carbonyl (C=O) groups is 3. The Morgan fingerprint density at radius 1 is 0.969 bits per heavy atom. The zero-order valence-corrected chi connectivity index (χ0v) is 18.9. The molecule has 1 unspecified atom stereocenters. The summed E-state index contributed by atoms with van der Waals surface area (Å²) in [5.41, 5.74) is 3.10. The van der Waals surface area contributed by atoms with E-state index in [2.05, 4.69) is 0 Å². The fourth-order valence-electron chi connectivity index (χ4n) is 4.70. The zero-order valence-electron chi connectivity index (χ0n) is 18.9. The molecular weight excluding hydrogens is 402 g/mol. The van der Waals surface area contributed by atoms with Crippen LogP contribution in [0.2, 0.25) is 0 Å². The molecule has 6 heteroatoms. The number of benzene rings is 2. The van der Waals surface area contributed by atoms with Crippen molar-refractivity contribution in [3.05, 3.63) is 65.7 Å². The molecule has 4 rings (SSSR count). The highest BCUT2D eigenvalue weighted by Crippen LogP contribution is 2.28. The molecule has 0 bridgehead atoms. The number of nitrogens with zero attached hydrogens (tertiary/aromatic N) is 3. The van der Waals surface area contributed by atoms with Crippen LogP contribution in [-0.4, -0.2) is 54.2 Å². The molecule has 2 aromatic carbocycles. The van der Waals surface area contributed by atoms with Gasteiger partial charge in [-0.2, -0.15) is 0 Å². The van der Waals surface area contributed by atoms with E-state index in [9.17, 15) is 14.4 Å². The predicted molar refractivity (Wildman–Crippen MR) is 124 cm³/mol. The minimum Gasteiger partial charge on any atom is -0.342 e. The first-order valence-corrected chi connectivity index (χ1v) is 11.4. The molecule has 0 spiro atoms. The van der Waals surface area contributed by atoms with Crippen LogP contribution in [0.4, 0.5) is 5.69 Å². The third-order valence-corrected chi connectivity index (χ3v) is 6.61. The Morgan fingerprint density at radius 3 is 2.28 bits per heavy atom. The molecule has 0 radical (unpaired) electrons. The lowest BCUT2D eigenvalue weighted by Gasteiger charge is -2.34. The highest BCUT2D eigenvalue weighted by molar-refractivity contribution is 6.00. The highest BCUT2D eigenvalue weighted by Gasteiger charge is 2.38. The second-order valence-corrected chi connectivity index (χ2v) is 9.02. The second kappa shape index (κ2) is 9.55. The molecule has 2 heterocycles. The van der Waals surface area contributed by atoms with Crippen LogP contribution in [0.5, 0.6) is 0 Å². The van der Waals surface area contributed by atoms with E-state index in [1.807, 2.05) is 73.5 Å². The molecule has 2 aliphatic rings. The van der Waals surface area contributed by atoms with Crippen LogP contribution >= 0.6 is 0 Å². The maximum atomic E-state index is 13.1. The summed E-state index contributed by atoms with van der Waals surface area (Å²) < 4.78 is 0. The van der Waals surface area contributed by atoms with Crippen molar-refractivity contribution in [3.8, 4) is 0 Å². The summed E-state index contributed by atoms with van der Waals surface area (Å²) in [5.74, 6) is -0.183. The summed E-state index contributed by atoms with van der Waals surface area (Å²) in [6.07, 6.45) is 1.60. The van der Waals surface area contributed by atoms with Crippen LogP contribution in [0.15, 0.2) is 54.6 Å². The number of amides is 3. The Balaban J connectivity index is 1.29. The number of rotatable bonds is 5. The van der Waals surface area contributed by atoms with Gasteiger partial charge >= 0.3 is 0 Å². The number of carbonyl (C=O) groups excluding carboxylic acids is 3. The minimum absolute atomic E-state index is 0.000182. The fourth-order valence-corrected chi connectivity index (χ4v) is 4.70. The Hall–Kier alpha value is -3.15. The van der Waals surface area contributed by atoms with Crippen LogP contribution < -0.4 is 4.90 Å². The fraction of sp³-hybridized carbons (Fsp3) is 0.423. The van der Waals surface area contributed by atoms with Gasteiger partial charge in [0.05, 0.1) is 5.92 Å². The number of hydrogen-bond donors (Lipinski definition) is 0. The molecular formula is C26H31N3O3. The summed E-state index contributed by atoms with van der Waals surface area (Å²) in [4.78, 5) is 43.8. The summed E-state index contributed by atoms with van der Waals surface area (Å²) in [7, 11) is 1.84. The SMILES string of the molecule is Cc1ccc(N2CC(C(=O)N3CCC(C(=O)N(C)Cc4ccccc4)CC3)CC2=O)cc1. The van der Waals surface area contributed by atoms with Crippen molar-refractivity contribution in [2.45, 2.75) is 32.7 Å². The third kappa shape index (κ3) is 4.85. The van der Waals surface area contributed by atoms with Gasteiger partial charge in [-0.15, -0.1) is 0 Å². The first kappa shape index (κ1) is 22.1. The summed E-state index contributed by atoms with van der Waals surface area (Å²) in [6, 6.07) is 17.8. The van der Waals surface area contributed by atoms with Crippen LogP contribution in [0, 0.1) is 18.8 Å². The van der Waals surface area contributed by atoms with Crippen molar-refractivity contribution in [1.29, 1.82) is 0 Å². The lowest BCUT2D eigenvalue weighted by molar-refractivity contribution is -0.142. The number of anilines is 1. The minimum atomic E-state index is -0.309. The van der Waals surface area contributed by atoms with Gasteiger partial charge in [0, 0.05) is 51.3 Å². The smallest absolute Gasteiger partial charge is 0.228 e. The highest BCUT2D eigenvalue weighted by atomic mass is 16.2. The molecule has 2 fully saturated rings. The van der Waals surface area contributed by atoms with Gasteiger partial charge in [-0.3, -0.25) is 14.4 Å². The topological polar surface area (TPSA) is 60.9 Å². The Bertz CT molecular complexity index is 966. The monoisotopic (exact) mass is 433 g/mol. The number of aryl methyl sites for hydroxylation is 1. The van der Waals surface area contributed by atoms with Crippen LogP contribution in [0.1, 0.15) is 30.4 Å². The summed E-state index contributed by atoms with van der Waals surface area (Å²) in [6.45, 7) is 4.18. The van der Waals surface area contributed by atoms with E-state index < -0.39 is 0 Å². The lowest BCUT2D eigenvalue weighted by Crippen LogP contribution is -2.45. The van der Waals surface area contributed by atoms with Gasteiger partial charge in [-0.1, -0.05) is 48.0 Å². The molecule has 2 aromatic rings. The Morgan fingerprint density at radius 2 is 1.62 bits per heavy atom. The average molecular weight is 434 g/mol. The molecule has 2 aliphatic heterocycles. The van der Waals surface area contributed by atoms with Crippen LogP contribution in [0.25, 0.3) is 0 Å². The van der Waals surface area contributed by atoms with Gasteiger partial charge in [0.1, 0.15) is 0 Å². The van der Waals surface area contributed by atoms with E-state index >= 15 is 0 Å². The van der Waals surface area contributed by atoms with Crippen molar-refractivity contribution >= 4 is 23.4 Å². The number of hydrogen-bond acceptors (Lipinski definition) is 3. The molecule has 0 saturated carbocycles. The van der Waals surface area contributed by atoms with Gasteiger partial charge < -0.3 is 14.7 Å². The Labute approximate surface area is 189 Å². The standard InChI is InChI=1S/C26H31N3O3/c1-19-8-10-23(11-9-19)29-18-22(16-24(29)30)26(32)28-14-12-21(13-15-28)25(31)27(2)17-20-6-4-3-5-7-20/h3-11,21-22H,12-18H2,1-2H3. The normalized spacial score (nSPS) is 19.3. The second-order valence-electron chi connectivity index (χ2n) is 9.02. The van der Waals surface area contributed by atoms with Gasteiger partial charge in [0.15, 0.2) is 0 Å². The average Bonchev–Trinajstić information content (AvgIpc) is 3.21. The molecule has 0 aromatic heterocycles. The largest absolute Gasteiger partial charge is 0.342 e. The molecule has 0 aliphatic carbocycles.